The standard InChI is InChI=1S/C8H15NO3/c1-5(8(11)12-4)6(2)9-7(3)10/h5-6H,1-4H3,(H,9,10)/t5-,6-/m1/s1. The predicted octanol–water partition coefficient (Wildman–Crippen LogP) is 0.320. The molecule has 0 heterocycles. The number of amides is 1. The lowest BCUT2D eigenvalue weighted by atomic mass is 10.0. The van der Waals surface area contributed by atoms with E-state index in [4.69, 9.17) is 0 Å². The number of carbonyl (C=O) groups excluding carboxylic acids is 2. The minimum Gasteiger partial charge on any atom is -0.469 e. The van der Waals surface area contributed by atoms with Crippen LogP contribution in [-0.4, -0.2) is 25.0 Å². The molecule has 0 fully saturated rings. The highest BCUT2D eigenvalue weighted by molar-refractivity contribution is 5.76. The molecule has 12 heavy (non-hydrogen) atoms. The third kappa shape index (κ3) is 3.37. The Morgan fingerprint density at radius 2 is 1.83 bits per heavy atom. The van der Waals surface area contributed by atoms with Gasteiger partial charge in [-0.3, -0.25) is 9.59 Å². The van der Waals surface area contributed by atoms with Gasteiger partial charge in [0, 0.05) is 13.0 Å². The van der Waals surface area contributed by atoms with Crippen molar-refractivity contribution in [3.8, 4) is 0 Å². The smallest absolute Gasteiger partial charge is 0.310 e. The van der Waals surface area contributed by atoms with Crippen LogP contribution in [0.15, 0.2) is 0 Å². The van der Waals surface area contributed by atoms with E-state index in [0.29, 0.717) is 0 Å². The molecule has 0 aliphatic heterocycles. The zero-order valence-electron chi connectivity index (χ0n) is 7.88. The van der Waals surface area contributed by atoms with Crippen molar-refractivity contribution >= 4 is 11.9 Å². The minimum absolute atomic E-state index is 0.141. The Bertz CT molecular complexity index is 179. The van der Waals surface area contributed by atoms with Crippen molar-refractivity contribution in [3.63, 3.8) is 0 Å². The van der Waals surface area contributed by atoms with Gasteiger partial charge in [0.2, 0.25) is 5.91 Å². The van der Waals surface area contributed by atoms with E-state index in [1.54, 1.807) is 13.8 Å². The molecule has 4 heteroatoms. The molecule has 0 bridgehead atoms. The lowest BCUT2D eigenvalue weighted by Gasteiger charge is -2.17. The first-order valence-corrected chi connectivity index (χ1v) is 3.84. The first-order valence-electron chi connectivity index (χ1n) is 3.84. The van der Waals surface area contributed by atoms with E-state index in [1.807, 2.05) is 0 Å². The van der Waals surface area contributed by atoms with E-state index < -0.39 is 0 Å². The lowest BCUT2D eigenvalue weighted by molar-refractivity contribution is -0.145. The summed E-state index contributed by atoms with van der Waals surface area (Å²) in [6.45, 7) is 4.90. The van der Waals surface area contributed by atoms with Crippen LogP contribution in [0.5, 0.6) is 0 Å². The number of hydrogen-bond acceptors (Lipinski definition) is 3. The van der Waals surface area contributed by atoms with Crippen molar-refractivity contribution in [1.82, 2.24) is 5.32 Å². The maximum atomic E-state index is 11.0. The van der Waals surface area contributed by atoms with E-state index in [0.717, 1.165) is 0 Å². The number of esters is 1. The second-order valence-electron chi connectivity index (χ2n) is 2.80. The van der Waals surface area contributed by atoms with Gasteiger partial charge in [-0.05, 0) is 13.8 Å². The summed E-state index contributed by atoms with van der Waals surface area (Å²) in [5.74, 6) is -0.756. The van der Waals surface area contributed by atoms with Gasteiger partial charge in [0.25, 0.3) is 0 Å². The van der Waals surface area contributed by atoms with Crippen LogP contribution in [0.3, 0.4) is 0 Å². The second kappa shape index (κ2) is 4.74. The van der Waals surface area contributed by atoms with Crippen molar-refractivity contribution in [2.45, 2.75) is 26.8 Å². The first kappa shape index (κ1) is 10.9. The summed E-state index contributed by atoms with van der Waals surface area (Å²) < 4.78 is 4.52. The van der Waals surface area contributed by atoms with Gasteiger partial charge in [0.15, 0.2) is 0 Å². The number of carbonyl (C=O) groups is 2. The molecule has 0 spiro atoms. The zero-order chi connectivity index (χ0) is 9.72. The highest BCUT2D eigenvalue weighted by Crippen LogP contribution is 2.03. The predicted molar refractivity (Wildman–Crippen MR) is 44.5 cm³/mol. The molecule has 0 saturated heterocycles. The molecule has 4 nitrogen and oxygen atoms in total. The third-order valence-electron chi connectivity index (χ3n) is 1.75. The largest absolute Gasteiger partial charge is 0.469 e. The molecule has 0 rings (SSSR count). The molecule has 0 unspecified atom stereocenters. The monoisotopic (exact) mass is 173 g/mol. The quantitative estimate of drug-likeness (QED) is 0.625. The van der Waals surface area contributed by atoms with Gasteiger partial charge in [-0.1, -0.05) is 0 Å². The summed E-state index contributed by atoms with van der Waals surface area (Å²) in [6, 6.07) is -0.185. The summed E-state index contributed by atoms with van der Waals surface area (Å²) in [6.07, 6.45) is 0. The van der Waals surface area contributed by atoms with Crippen molar-refractivity contribution in [2.75, 3.05) is 7.11 Å². The van der Waals surface area contributed by atoms with Crippen LogP contribution in [0.1, 0.15) is 20.8 Å². The van der Waals surface area contributed by atoms with Crippen molar-refractivity contribution in [1.29, 1.82) is 0 Å². The summed E-state index contributed by atoms with van der Waals surface area (Å²) in [4.78, 5) is 21.6. The van der Waals surface area contributed by atoms with Gasteiger partial charge < -0.3 is 10.1 Å². The summed E-state index contributed by atoms with van der Waals surface area (Å²) in [5, 5.41) is 2.62. The maximum absolute atomic E-state index is 11.0. The molecular weight excluding hydrogens is 158 g/mol. The van der Waals surface area contributed by atoms with Crippen LogP contribution >= 0.6 is 0 Å². The SMILES string of the molecule is COC(=O)[C@H](C)[C@@H](C)NC(C)=O. The molecule has 0 aromatic carbocycles. The molecule has 0 saturated carbocycles. The van der Waals surface area contributed by atoms with Crippen LogP contribution < -0.4 is 5.32 Å². The minimum atomic E-state index is -0.309. The number of hydrogen-bond donors (Lipinski definition) is 1. The topological polar surface area (TPSA) is 55.4 Å². The van der Waals surface area contributed by atoms with Gasteiger partial charge in [-0.15, -0.1) is 0 Å². The molecule has 0 aliphatic rings. The number of nitrogens with one attached hydrogen (secondary N) is 1. The molecule has 1 N–H and O–H groups in total. The van der Waals surface area contributed by atoms with E-state index in [-0.39, 0.29) is 23.8 Å². The number of ether oxygens (including phenoxy) is 1. The molecule has 70 valence electrons. The van der Waals surface area contributed by atoms with Crippen LogP contribution in [0, 0.1) is 5.92 Å². The number of rotatable bonds is 3. The Morgan fingerprint density at radius 3 is 2.17 bits per heavy atom. The van der Waals surface area contributed by atoms with E-state index >= 15 is 0 Å². The van der Waals surface area contributed by atoms with Gasteiger partial charge in [-0.25, -0.2) is 0 Å². The molecule has 0 aromatic heterocycles. The van der Waals surface area contributed by atoms with Gasteiger partial charge >= 0.3 is 5.97 Å². The van der Waals surface area contributed by atoms with Crippen molar-refractivity contribution in [3.05, 3.63) is 0 Å². The van der Waals surface area contributed by atoms with Crippen LogP contribution in [0.4, 0.5) is 0 Å². The lowest BCUT2D eigenvalue weighted by Crippen LogP contribution is -2.39. The second-order valence-corrected chi connectivity index (χ2v) is 2.80. The number of methoxy groups -OCH3 is 1. The molecule has 1 amide bonds. The fourth-order valence-electron chi connectivity index (χ4n) is 0.836. The molecule has 0 aromatic rings. The Hall–Kier alpha value is -1.06. The summed E-state index contributed by atoms with van der Waals surface area (Å²) in [7, 11) is 1.33. The molecule has 0 aliphatic carbocycles. The highest BCUT2D eigenvalue weighted by Gasteiger charge is 2.20. The maximum Gasteiger partial charge on any atom is 0.310 e. The zero-order valence-corrected chi connectivity index (χ0v) is 7.88. The van der Waals surface area contributed by atoms with Crippen LogP contribution in [0.25, 0.3) is 0 Å². The van der Waals surface area contributed by atoms with E-state index in [1.165, 1.54) is 14.0 Å². The van der Waals surface area contributed by atoms with E-state index in [9.17, 15) is 9.59 Å². The van der Waals surface area contributed by atoms with E-state index in [2.05, 4.69) is 10.1 Å². The van der Waals surface area contributed by atoms with Crippen LogP contribution in [-0.2, 0) is 14.3 Å². The third-order valence-corrected chi connectivity index (χ3v) is 1.75. The van der Waals surface area contributed by atoms with Crippen molar-refractivity contribution in [2.24, 2.45) is 5.92 Å². The highest BCUT2D eigenvalue weighted by atomic mass is 16.5. The Kier molecular flexibility index (Phi) is 4.33. The van der Waals surface area contributed by atoms with Gasteiger partial charge in [-0.2, -0.15) is 0 Å². The molecule has 2 atom stereocenters. The normalized spacial score (nSPS) is 14.7. The Balaban J connectivity index is 4.00. The fraction of sp³-hybridized carbons (Fsp3) is 0.750. The van der Waals surface area contributed by atoms with Gasteiger partial charge in [0.1, 0.15) is 0 Å². The van der Waals surface area contributed by atoms with Crippen LogP contribution in [0.2, 0.25) is 0 Å². The Labute approximate surface area is 72.3 Å². The first-order chi connectivity index (χ1) is 5.49. The Morgan fingerprint density at radius 1 is 1.33 bits per heavy atom. The average molecular weight is 173 g/mol. The average Bonchev–Trinajstić information content (AvgIpc) is 2.00. The van der Waals surface area contributed by atoms with Gasteiger partial charge in [0.05, 0.1) is 13.0 Å². The fourth-order valence-corrected chi connectivity index (χ4v) is 0.836. The molecule has 0 radical (unpaired) electrons. The summed E-state index contributed by atoms with van der Waals surface area (Å²) in [5.41, 5.74) is 0. The summed E-state index contributed by atoms with van der Waals surface area (Å²) >= 11 is 0. The molecular formula is C8H15NO3. The van der Waals surface area contributed by atoms with Crippen molar-refractivity contribution < 1.29 is 14.3 Å².